The van der Waals surface area contributed by atoms with Crippen LogP contribution in [0.1, 0.15) is 5.56 Å². The van der Waals surface area contributed by atoms with Gasteiger partial charge in [-0.1, -0.05) is 0 Å². The molecule has 6 nitrogen and oxygen atoms in total. The van der Waals surface area contributed by atoms with E-state index in [2.05, 4.69) is 14.9 Å². The van der Waals surface area contributed by atoms with Crippen molar-refractivity contribution in [3.05, 3.63) is 29.6 Å². The van der Waals surface area contributed by atoms with E-state index in [1.165, 1.54) is 0 Å². The first-order valence-electron chi connectivity index (χ1n) is 7.15. The van der Waals surface area contributed by atoms with Gasteiger partial charge in [0.1, 0.15) is 5.82 Å². The molecule has 1 saturated heterocycles. The number of nitrogens with zero attached hydrogens (tertiary/aromatic N) is 4. The molecule has 0 spiro atoms. The third kappa shape index (κ3) is 4.57. The Morgan fingerprint density at radius 2 is 1.75 bits per heavy atom. The summed E-state index contributed by atoms with van der Waals surface area (Å²) in [7, 11) is 1.99. The van der Waals surface area contributed by atoms with Gasteiger partial charge < -0.3 is 21.3 Å². The third-order valence-electron chi connectivity index (χ3n) is 3.56. The molecule has 2 rings (SSSR count). The lowest BCUT2D eigenvalue weighted by atomic mass is 10.2. The van der Waals surface area contributed by atoms with Gasteiger partial charge in [-0.05, 0) is 19.2 Å². The summed E-state index contributed by atoms with van der Waals surface area (Å²) in [5, 5.41) is 0. The van der Waals surface area contributed by atoms with E-state index in [0.29, 0.717) is 25.2 Å². The second-order valence-electron chi connectivity index (χ2n) is 5.39. The minimum Gasteiger partial charge on any atom is -0.369 e. The number of hydrogen-bond acceptors (Lipinski definition) is 2. The lowest BCUT2D eigenvalue weighted by Gasteiger charge is -2.32. The monoisotopic (exact) mass is 346 g/mol. The fourth-order valence-corrected chi connectivity index (χ4v) is 2.18. The Kier molecular flexibility index (Phi) is 5.27. The molecule has 0 bridgehead atoms. The molecular formula is C14H18F4N6. The van der Waals surface area contributed by atoms with Crippen LogP contribution in [0.15, 0.2) is 28.2 Å². The summed E-state index contributed by atoms with van der Waals surface area (Å²) in [5.41, 5.74) is 10.0. The van der Waals surface area contributed by atoms with Crippen molar-refractivity contribution in [2.75, 3.05) is 33.2 Å². The number of likely N-dealkylation sites (N-methyl/N-ethyl adjacent to an activating group) is 1. The van der Waals surface area contributed by atoms with Crippen molar-refractivity contribution in [2.24, 2.45) is 21.5 Å². The van der Waals surface area contributed by atoms with Gasteiger partial charge in [0.05, 0.1) is 11.3 Å². The molecule has 0 amide bonds. The Labute approximate surface area is 136 Å². The molecule has 1 fully saturated rings. The van der Waals surface area contributed by atoms with Crippen LogP contribution in [0.5, 0.6) is 0 Å². The minimum absolute atomic E-state index is 0.0760. The summed E-state index contributed by atoms with van der Waals surface area (Å²) < 4.78 is 51.0. The summed E-state index contributed by atoms with van der Waals surface area (Å²) in [5.74, 6) is -1.52. The number of rotatable bonds is 1. The highest BCUT2D eigenvalue weighted by Crippen LogP contribution is 2.32. The maximum Gasteiger partial charge on any atom is 0.419 e. The molecule has 1 aromatic rings. The standard InChI is InChI=1S/C14H18F4N6/c1-23-4-6-24(7-5-23)13(20)22-12(19)21-9-2-3-10(11(15)8-9)14(16,17)18/h2-3,8H,4-7H2,1H3,(H4,19,20,21,22). The molecule has 0 unspecified atom stereocenters. The van der Waals surface area contributed by atoms with Crippen molar-refractivity contribution in [1.82, 2.24) is 9.80 Å². The van der Waals surface area contributed by atoms with E-state index in [1.54, 1.807) is 0 Å². The van der Waals surface area contributed by atoms with Gasteiger partial charge in [0.25, 0.3) is 0 Å². The van der Waals surface area contributed by atoms with Crippen molar-refractivity contribution in [3.63, 3.8) is 0 Å². The molecule has 0 atom stereocenters. The zero-order valence-corrected chi connectivity index (χ0v) is 13.0. The maximum atomic E-state index is 13.5. The Bertz CT molecular complexity index is 647. The number of aliphatic imine (C=N–C) groups is 2. The molecule has 4 N–H and O–H groups in total. The van der Waals surface area contributed by atoms with E-state index in [0.717, 1.165) is 19.2 Å². The average Bonchev–Trinajstić information content (AvgIpc) is 2.46. The van der Waals surface area contributed by atoms with Gasteiger partial charge >= 0.3 is 6.18 Å². The lowest BCUT2D eigenvalue weighted by molar-refractivity contribution is -0.139. The number of guanidine groups is 2. The number of alkyl halides is 3. The van der Waals surface area contributed by atoms with E-state index in [4.69, 9.17) is 11.5 Å². The summed E-state index contributed by atoms with van der Waals surface area (Å²) in [6.07, 6.45) is -4.76. The number of nitrogens with two attached hydrogens (primary N) is 2. The van der Waals surface area contributed by atoms with Crippen LogP contribution in [0.4, 0.5) is 23.2 Å². The van der Waals surface area contributed by atoms with Crippen LogP contribution in [0.2, 0.25) is 0 Å². The number of benzene rings is 1. The normalized spacial score (nSPS) is 18.1. The number of halogens is 4. The van der Waals surface area contributed by atoms with Gasteiger partial charge in [-0.25, -0.2) is 9.38 Å². The highest BCUT2D eigenvalue weighted by atomic mass is 19.4. The minimum atomic E-state index is -4.76. The largest absolute Gasteiger partial charge is 0.419 e. The Morgan fingerprint density at radius 1 is 1.12 bits per heavy atom. The van der Waals surface area contributed by atoms with Gasteiger partial charge in [-0.15, -0.1) is 0 Å². The van der Waals surface area contributed by atoms with Gasteiger partial charge in [-0.2, -0.15) is 18.2 Å². The number of piperazine rings is 1. The maximum absolute atomic E-state index is 13.5. The van der Waals surface area contributed by atoms with Crippen LogP contribution in [-0.2, 0) is 6.18 Å². The summed E-state index contributed by atoms with van der Waals surface area (Å²) >= 11 is 0. The van der Waals surface area contributed by atoms with Crippen molar-refractivity contribution in [2.45, 2.75) is 6.18 Å². The Balaban J connectivity index is 2.13. The van der Waals surface area contributed by atoms with Crippen LogP contribution in [0.25, 0.3) is 0 Å². The molecule has 1 heterocycles. The molecule has 0 aliphatic carbocycles. The second-order valence-corrected chi connectivity index (χ2v) is 5.39. The highest BCUT2D eigenvalue weighted by Gasteiger charge is 2.33. The molecule has 1 aromatic carbocycles. The first-order chi connectivity index (χ1) is 11.2. The molecular weight excluding hydrogens is 328 g/mol. The van der Waals surface area contributed by atoms with Crippen LogP contribution in [0, 0.1) is 5.82 Å². The smallest absolute Gasteiger partial charge is 0.369 e. The predicted molar refractivity (Wildman–Crippen MR) is 83.4 cm³/mol. The van der Waals surface area contributed by atoms with E-state index in [-0.39, 0.29) is 17.6 Å². The SMILES string of the molecule is CN1CCN(C(N)=NC(N)=Nc2ccc(C(F)(F)F)c(F)c2)CC1. The zero-order chi connectivity index (χ0) is 17.9. The Morgan fingerprint density at radius 3 is 2.29 bits per heavy atom. The molecule has 24 heavy (non-hydrogen) atoms. The predicted octanol–water partition coefficient (Wildman–Crippen LogP) is 1.35. The summed E-state index contributed by atoms with van der Waals surface area (Å²) in [6.45, 7) is 2.98. The van der Waals surface area contributed by atoms with Crippen LogP contribution < -0.4 is 11.5 Å². The van der Waals surface area contributed by atoms with Gasteiger partial charge in [0, 0.05) is 32.2 Å². The summed E-state index contributed by atoms with van der Waals surface area (Å²) in [4.78, 5) is 11.6. The average molecular weight is 346 g/mol. The second kappa shape index (κ2) is 7.04. The van der Waals surface area contributed by atoms with Crippen molar-refractivity contribution in [1.29, 1.82) is 0 Å². The zero-order valence-electron chi connectivity index (χ0n) is 13.0. The first-order valence-corrected chi connectivity index (χ1v) is 7.15. The fraction of sp³-hybridized carbons (Fsp3) is 0.429. The van der Waals surface area contributed by atoms with Gasteiger partial charge in [0.2, 0.25) is 5.96 Å². The van der Waals surface area contributed by atoms with E-state index >= 15 is 0 Å². The number of hydrogen-bond donors (Lipinski definition) is 2. The quantitative estimate of drug-likeness (QED) is 0.457. The van der Waals surface area contributed by atoms with Crippen molar-refractivity contribution >= 4 is 17.6 Å². The third-order valence-corrected chi connectivity index (χ3v) is 3.56. The molecule has 0 aromatic heterocycles. The van der Waals surface area contributed by atoms with Crippen molar-refractivity contribution in [3.8, 4) is 0 Å². The van der Waals surface area contributed by atoms with E-state index in [1.807, 2.05) is 11.9 Å². The first kappa shape index (κ1) is 18.0. The topological polar surface area (TPSA) is 83.2 Å². The molecule has 0 radical (unpaired) electrons. The van der Waals surface area contributed by atoms with Crippen LogP contribution in [-0.4, -0.2) is 54.9 Å². The Hall–Kier alpha value is -2.36. The van der Waals surface area contributed by atoms with Crippen molar-refractivity contribution < 1.29 is 17.6 Å². The molecule has 1 aliphatic heterocycles. The van der Waals surface area contributed by atoms with Crippen LogP contribution >= 0.6 is 0 Å². The lowest BCUT2D eigenvalue weighted by Crippen LogP contribution is -2.50. The molecule has 10 heteroatoms. The van der Waals surface area contributed by atoms with E-state index < -0.39 is 17.6 Å². The molecule has 1 aliphatic rings. The van der Waals surface area contributed by atoms with Gasteiger partial charge in [-0.3, -0.25) is 0 Å². The highest BCUT2D eigenvalue weighted by molar-refractivity contribution is 5.94. The van der Waals surface area contributed by atoms with Crippen LogP contribution in [0.3, 0.4) is 0 Å². The summed E-state index contributed by atoms with van der Waals surface area (Å²) in [6, 6.07) is 2.27. The van der Waals surface area contributed by atoms with E-state index in [9.17, 15) is 17.6 Å². The molecule has 0 saturated carbocycles. The fourth-order valence-electron chi connectivity index (χ4n) is 2.18. The van der Waals surface area contributed by atoms with Gasteiger partial charge in [0.15, 0.2) is 5.96 Å². The molecule has 132 valence electrons.